The lowest BCUT2D eigenvalue weighted by Gasteiger charge is -2.16. The molecule has 6 nitrogen and oxygen atoms in total. The molecule has 0 aromatic carbocycles. The molecule has 2 N–H and O–H groups in total. The van der Waals surface area contributed by atoms with E-state index in [2.05, 4.69) is 15.0 Å². The van der Waals surface area contributed by atoms with E-state index in [0.29, 0.717) is 12.4 Å². The summed E-state index contributed by atoms with van der Waals surface area (Å²) in [5.41, 5.74) is 0.790. The molecule has 1 unspecified atom stereocenters. The van der Waals surface area contributed by atoms with Gasteiger partial charge in [0.25, 0.3) is 0 Å². The number of ether oxygens (including phenoxy) is 1. The van der Waals surface area contributed by atoms with E-state index >= 15 is 0 Å². The first-order valence-corrected chi connectivity index (χ1v) is 8.10. The maximum atomic E-state index is 12.0. The summed E-state index contributed by atoms with van der Waals surface area (Å²) in [6.45, 7) is 6.30. The fourth-order valence-corrected chi connectivity index (χ4v) is 2.44. The number of hydrogen-bond donors (Lipinski definition) is 2. The molecule has 7 heteroatoms. The summed E-state index contributed by atoms with van der Waals surface area (Å²) in [5, 5.41) is 2.63. The number of nitrogens with one attached hydrogen (secondary N) is 2. The molecular weight excluding hydrogens is 278 g/mol. The predicted octanol–water partition coefficient (Wildman–Crippen LogP) is 0.896. The molecule has 0 radical (unpaired) electrons. The summed E-state index contributed by atoms with van der Waals surface area (Å²) in [4.78, 5) is 4.03. The predicted molar refractivity (Wildman–Crippen MR) is 79.1 cm³/mol. The van der Waals surface area contributed by atoms with E-state index in [0.717, 1.165) is 5.56 Å². The summed E-state index contributed by atoms with van der Waals surface area (Å²) in [6.07, 6.45) is 1.60. The Morgan fingerprint density at radius 2 is 2.00 bits per heavy atom. The van der Waals surface area contributed by atoms with Crippen molar-refractivity contribution in [1.82, 2.24) is 15.0 Å². The first kappa shape index (κ1) is 16.9. The van der Waals surface area contributed by atoms with Gasteiger partial charge in [0, 0.05) is 31.4 Å². The molecule has 1 heterocycles. The maximum absolute atomic E-state index is 12.0. The summed E-state index contributed by atoms with van der Waals surface area (Å²) < 4.78 is 31.6. The largest absolute Gasteiger partial charge is 0.481 e. The molecule has 0 bridgehead atoms. The second-order valence-electron chi connectivity index (χ2n) is 4.95. The third kappa shape index (κ3) is 5.44. The Balaban J connectivity index is 2.53. The molecule has 1 aromatic heterocycles. The van der Waals surface area contributed by atoms with E-state index in [9.17, 15) is 8.42 Å². The van der Waals surface area contributed by atoms with E-state index in [4.69, 9.17) is 4.74 Å². The Morgan fingerprint density at radius 1 is 1.30 bits per heavy atom. The SMILES string of the molecule is COc1ccc(CNS(=O)(=O)C(C)CNC(C)C)cn1. The highest BCUT2D eigenvalue weighted by Crippen LogP contribution is 2.07. The first-order valence-electron chi connectivity index (χ1n) is 6.56. The zero-order chi connectivity index (χ0) is 15.2. The van der Waals surface area contributed by atoms with Crippen LogP contribution in [0.4, 0.5) is 0 Å². The zero-order valence-corrected chi connectivity index (χ0v) is 13.2. The Labute approximate surface area is 121 Å². The Hall–Kier alpha value is -1.18. The fraction of sp³-hybridized carbons (Fsp3) is 0.615. The van der Waals surface area contributed by atoms with Crippen LogP contribution in [0, 0.1) is 0 Å². The molecule has 0 fully saturated rings. The summed E-state index contributed by atoms with van der Waals surface area (Å²) in [6, 6.07) is 3.75. The van der Waals surface area contributed by atoms with Crippen LogP contribution in [-0.2, 0) is 16.6 Å². The van der Waals surface area contributed by atoms with Crippen LogP contribution in [0.15, 0.2) is 18.3 Å². The van der Waals surface area contributed by atoms with Gasteiger partial charge in [-0.15, -0.1) is 0 Å². The summed E-state index contributed by atoms with van der Waals surface area (Å²) >= 11 is 0. The van der Waals surface area contributed by atoms with Crippen LogP contribution < -0.4 is 14.8 Å². The molecule has 0 saturated heterocycles. The van der Waals surface area contributed by atoms with Gasteiger partial charge in [-0.2, -0.15) is 0 Å². The fourth-order valence-electron chi connectivity index (χ4n) is 1.47. The highest BCUT2D eigenvalue weighted by Gasteiger charge is 2.20. The minimum atomic E-state index is -3.34. The number of rotatable bonds is 8. The molecule has 20 heavy (non-hydrogen) atoms. The van der Waals surface area contributed by atoms with Crippen LogP contribution in [0.3, 0.4) is 0 Å². The molecule has 0 aliphatic rings. The summed E-state index contributed by atoms with van der Waals surface area (Å²) in [5.74, 6) is 0.506. The molecule has 0 amide bonds. The monoisotopic (exact) mass is 301 g/mol. The van der Waals surface area contributed by atoms with Crippen molar-refractivity contribution in [3.05, 3.63) is 23.9 Å². The van der Waals surface area contributed by atoms with Crippen LogP contribution in [0.2, 0.25) is 0 Å². The quantitative estimate of drug-likeness (QED) is 0.745. The molecular formula is C13H23N3O3S. The molecule has 1 aromatic rings. The molecule has 114 valence electrons. The van der Waals surface area contributed by atoms with Crippen molar-refractivity contribution in [3.8, 4) is 5.88 Å². The van der Waals surface area contributed by atoms with E-state index < -0.39 is 15.3 Å². The van der Waals surface area contributed by atoms with E-state index in [-0.39, 0.29) is 12.6 Å². The first-order chi connectivity index (χ1) is 9.35. The summed E-state index contributed by atoms with van der Waals surface area (Å²) in [7, 11) is -1.81. The lowest BCUT2D eigenvalue weighted by atomic mass is 10.3. The number of nitrogens with zero attached hydrogens (tertiary/aromatic N) is 1. The van der Waals surface area contributed by atoms with Gasteiger partial charge in [0.1, 0.15) is 0 Å². The van der Waals surface area contributed by atoms with Crippen molar-refractivity contribution < 1.29 is 13.2 Å². The van der Waals surface area contributed by atoms with Gasteiger partial charge in [0.15, 0.2) is 0 Å². The second kappa shape index (κ2) is 7.56. The number of aromatic nitrogens is 1. The number of sulfonamides is 1. The topological polar surface area (TPSA) is 80.3 Å². The number of hydrogen-bond acceptors (Lipinski definition) is 5. The van der Waals surface area contributed by atoms with E-state index in [1.165, 1.54) is 7.11 Å². The highest BCUT2D eigenvalue weighted by atomic mass is 32.2. The minimum absolute atomic E-state index is 0.228. The average Bonchev–Trinajstić information content (AvgIpc) is 2.43. The average molecular weight is 301 g/mol. The second-order valence-corrected chi connectivity index (χ2v) is 7.13. The van der Waals surface area contributed by atoms with Gasteiger partial charge in [-0.05, 0) is 12.5 Å². The van der Waals surface area contributed by atoms with Crippen molar-refractivity contribution in [2.24, 2.45) is 0 Å². The molecule has 1 rings (SSSR count). The van der Waals surface area contributed by atoms with Gasteiger partial charge in [-0.3, -0.25) is 0 Å². The Kier molecular flexibility index (Phi) is 6.38. The van der Waals surface area contributed by atoms with Gasteiger partial charge in [0.2, 0.25) is 15.9 Å². The van der Waals surface area contributed by atoms with Crippen molar-refractivity contribution >= 4 is 10.0 Å². The Bertz CT molecular complexity index is 500. The van der Waals surface area contributed by atoms with Gasteiger partial charge in [-0.25, -0.2) is 18.1 Å². The van der Waals surface area contributed by atoms with Crippen LogP contribution in [0.25, 0.3) is 0 Å². The zero-order valence-electron chi connectivity index (χ0n) is 12.4. The molecule has 1 atom stereocenters. The standard InChI is InChI=1S/C13H23N3O3S/c1-10(2)14-7-11(3)20(17,18)16-9-12-5-6-13(19-4)15-8-12/h5-6,8,10-11,14,16H,7,9H2,1-4H3. The Morgan fingerprint density at radius 3 is 2.50 bits per heavy atom. The third-order valence-corrected chi connectivity index (χ3v) is 4.60. The van der Waals surface area contributed by atoms with Gasteiger partial charge in [-0.1, -0.05) is 19.9 Å². The number of pyridine rings is 1. The smallest absolute Gasteiger partial charge is 0.215 e. The lowest BCUT2D eigenvalue weighted by molar-refractivity contribution is 0.397. The lowest BCUT2D eigenvalue weighted by Crippen LogP contribution is -2.40. The molecule has 0 spiro atoms. The molecule has 0 aliphatic carbocycles. The molecule has 0 saturated carbocycles. The normalized spacial score (nSPS) is 13.4. The van der Waals surface area contributed by atoms with Crippen LogP contribution in [0.5, 0.6) is 5.88 Å². The molecule has 0 aliphatic heterocycles. The maximum Gasteiger partial charge on any atom is 0.215 e. The minimum Gasteiger partial charge on any atom is -0.481 e. The highest BCUT2D eigenvalue weighted by molar-refractivity contribution is 7.90. The van der Waals surface area contributed by atoms with Crippen LogP contribution in [0.1, 0.15) is 26.3 Å². The van der Waals surface area contributed by atoms with Crippen molar-refractivity contribution in [3.63, 3.8) is 0 Å². The van der Waals surface area contributed by atoms with Crippen LogP contribution in [-0.4, -0.2) is 38.3 Å². The van der Waals surface area contributed by atoms with E-state index in [1.807, 2.05) is 13.8 Å². The van der Waals surface area contributed by atoms with Gasteiger partial charge < -0.3 is 10.1 Å². The van der Waals surface area contributed by atoms with Crippen molar-refractivity contribution in [1.29, 1.82) is 0 Å². The number of methoxy groups -OCH3 is 1. The van der Waals surface area contributed by atoms with Gasteiger partial charge in [0.05, 0.1) is 12.4 Å². The van der Waals surface area contributed by atoms with Crippen molar-refractivity contribution in [2.75, 3.05) is 13.7 Å². The third-order valence-electron chi connectivity index (χ3n) is 2.83. The van der Waals surface area contributed by atoms with E-state index in [1.54, 1.807) is 25.3 Å². The van der Waals surface area contributed by atoms with Gasteiger partial charge >= 0.3 is 0 Å². The van der Waals surface area contributed by atoms with Crippen LogP contribution >= 0.6 is 0 Å². The van der Waals surface area contributed by atoms with Crippen molar-refractivity contribution in [2.45, 2.75) is 38.6 Å².